The number of hydrogen-bond donors (Lipinski definition) is 1. The highest BCUT2D eigenvalue weighted by Gasteiger charge is 2.19. The molecular weight excluding hydrogens is 293 g/mol. The molecule has 112 valence electrons. The van der Waals surface area contributed by atoms with Crippen molar-refractivity contribution >= 4 is 15.7 Å². The molecular formula is C15H16FNO3S. The van der Waals surface area contributed by atoms with E-state index in [0.29, 0.717) is 5.56 Å². The molecule has 0 aliphatic heterocycles. The summed E-state index contributed by atoms with van der Waals surface area (Å²) in [5, 5.41) is 0. The second-order valence-electron chi connectivity index (χ2n) is 4.72. The zero-order chi connectivity index (χ0) is 15.6. The Morgan fingerprint density at radius 2 is 1.81 bits per heavy atom. The summed E-state index contributed by atoms with van der Waals surface area (Å²) in [4.78, 5) is 0.180. The van der Waals surface area contributed by atoms with E-state index in [1.807, 2.05) is 6.92 Å². The predicted octanol–water partition coefficient (Wildman–Crippen LogP) is 3.25. The molecule has 0 spiro atoms. The molecule has 0 bridgehead atoms. The van der Waals surface area contributed by atoms with Crippen LogP contribution >= 0.6 is 0 Å². The Hall–Kier alpha value is -2.08. The van der Waals surface area contributed by atoms with Gasteiger partial charge in [-0.2, -0.15) is 0 Å². The van der Waals surface area contributed by atoms with Crippen LogP contribution in [-0.2, 0) is 10.0 Å². The SMILES string of the molecule is COc1cc(F)ccc1NS(=O)(=O)c1ccc(C)cc1C. The number of anilines is 1. The van der Waals surface area contributed by atoms with Crippen LogP contribution in [0.15, 0.2) is 41.3 Å². The summed E-state index contributed by atoms with van der Waals surface area (Å²) in [6, 6.07) is 8.68. The lowest BCUT2D eigenvalue weighted by Crippen LogP contribution is -2.15. The maximum Gasteiger partial charge on any atom is 0.262 e. The van der Waals surface area contributed by atoms with Gasteiger partial charge in [0.15, 0.2) is 0 Å². The smallest absolute Gasteiger partial charge is 0.262 e. The molecule has 0 saturated heterocycles. The first-order valence-electron chi connectivity index (χ1n) is 6.27. The number of methoxy groups -OCH3 is 1. The Morgan fingerprint density at radius 1 is 1.10 bits per heavy atom. The van der Waals surface area contributed by atoms with Crippen molar-refractivity contribution in [3.05, 3.63) is 53.3 Å². The molecule has 0 aliphatic rings. The zero-order valence-electron chi connectivity index (χ0n) is 12.0. The second-order valence-corrected chi connectivity index (χ2v) is 6.37. The van der Waals surface area contributed by atoms with Crippen LogP contribution < -0.4 is 9.46 Å². The van der Waals surface area contributed by atoms with Crippen LogP contribution in [-0.4, -0.2) is 15.5 Å². The second kappa shape index (κ2) is 5.73. The first-order valence-corrected chi connectivity index (χ1v) is 7.75. The molecule has 0 heterocycles. The molecule has 0 unspecified atom stereocenters. The highest BCUT2D eigenvalue weighted by Crippen LogP contribution is 2.28. The van der Waals surface area contributed by atoms with Crippen LogP contribution in [0.25, 0.3) is 0 Å². The standard InChI is InChI=1S/C15H16FNO3S/c1-10-4-7-15(11(2)8-10)21(18,19)17-13-6-5-12(16)9-14(13)20-3/h4-9,17H,1-3H3. The molecule has 2 aromatic rings. The normalized spacial score (nSPS) is 11.2. The van der Waals surface area contributed by atoms with Crippen LogP contribution in [0.1, 0.15) is 11.1 Å². The van der Waals surface area contributed by atoms with Crippen molar-refractivity contribution in [1.29, 1.82) is 0 Å². The van der Waals surface area contributed by atoms with Crippen molar-refractivity contribution in [2.24, 2.45) is 0 Å². The van der Waals surface area contributed by atoms with Gasteiger partial charge in [0.25, 0.3) is 10.0 Å². The van der Waals surface area contributed by atoms with Crippen molar-refractivity contribution < 1.29 is 17.5 Å². The molecule has 0 saturated carbocycles. The van der Waals surface area contributed by atoms with Crippen LogP contribution in [0.2, 0.25) is 0 Å². The minimum atomic E-state index is -3.76. The number of ether oxygens (including phenoxy) is 1. The van der Waals surface area contributed by atoms with Crippen molar-refractivity contribution in [2.75, 3.05) is 11.8 Å². The topological polar surface area (TPSA) is 55.4 Å². The summed E-state index contributed by atoms with van der Waals surface area (Å²) in [5.74, 6) is -0.371. The summed E-state index contributed by atoms with van der Waals surface area (Å²) >= 11 is 0. The van der Waals surface area contributed by atoms with Crippen LogP contribution in [0.3, 0.4) is 0 Å². The molecule has 0 amide bonds. The van der Waals surface area contributed by atoms with Crippen molar-refractivity contribution in [3.8, 4) is 5.75 Å². The van der Waals surface area contributed by atoms with E-state index in [2.05, 4.69) is 4.72 Å². The molecule has 0 aliphatic carbocycles. The van der Waals surface area contributed by atoms with E-state index in [1.165, 1.54) is 19.2 Å². The lowest BCUT2D eigenvalue weighted by molar-refractivity contribution is 0.413. The van der Waals surface area contributed by atoms with Gasteiger partial charge in [-0.25, -0.2) is 12.8 Å². The minimum absolute atomic E-state index is 0.128. The zero-order valence-corrected chi connectivity index (χ0v) is 12.8. The number of nitrogens with one attached hydrogen (secondary N) is 1. The fraction of sp³-hybridized carbons (Fsp3) is 0.200. The average Bonchev–Trinajstić information content (AvgIpc) is 2.40. The quantitative estimate of drug-likeness (QED) is 0.943. The number of rotatable bonds is 4. The number of halogens is 1. The minimum Gasteiger partial charge on any atom is -0.494 e. The summed E-state index contributed by atoms with van der Waals surface area (Å²) in [7, 11) is -2.41. The fourth-order valence-corrected chi connectivity index (χ4v) is 3.35. The summed E-state index contributed by atoms with van der Waals surface area (Å²) < 4.78 is 45.4. The number of hydrogen-bond acceptors (Lipinski definition) is 3. The van der Waals surface area contributed by atoms with E-state index < -0.39 is 15.8 Å². The van der Waals surface area contributed by atoms with E-state index >= 15 is 0 Å². The van der Waals surface area contributed by atoms with Crippen molar-refractivity contribution in [2.45, 2.75) is 18.7 Å². The monoisotopic (exact) mass is 309 g/mol. The van der Waals surface area contributed by atoms with Gasteiger partial charge in [-0.3, -0.25) is 4.72 Å². The molecule has 0 atom stereocenters. The molecule has 0 radical (unpaired) electrons. The van der Waals surface area contributed by atoms with E-state index in [4.69, 9.17) is 4.74 Å². The van der Waals surface area contributed by atoms with Crippen molar-refractivity contribution in [1.82, 2.24) is 0 Å². The Balaban J connectivity index is 2.42. The van der Waals surface area contributed by atoms with E-state index in [1.54, 1.807) is 25.1 Å². The molecule has 4 nitrogen and oxygen atoms in total. The largest absolute Gasteiger partial charge is 0.494 e. The van der Waals surface area contributed by atoms with E-state index in [0.717, 1.165) is 11.6 Å². The number of benzene rings is 2. The van der Waals surface area contributed by atoms with Crippen LogP contribution in [0.5, 0.6) is 5.75 Å². The molecule has 2 aromatic carbocycles. The Morgan fingerprint density at radius 3 is 2.43 bits per heavy atom. The van der Waals surface area contributed by atoms with Crippen LogP contribution in [0.4, 0.5) is 10.1 Å². The fourth-order valence-electron chi connectivity index (χ4n) is 2.05. The van der Waals surface area contributed by atoms with E-state index in [9.17, 15) is 12.8 Å². The van der Waals surface area contributed by atoms with Gasteiger partial charge < -0.3 is 4.74 Å². The maximum absolute atomic E-state index is 13.1. The summed E-state index contributed by atoms with van der Waals surface area (Å²) in [6.45, 7) is 3.61. The van der Waals surface area contributed by atoms with Gasteiger partial charge in [0.1, 0.15) is 11.6 Å². The van der Waals surface area contributed by atoms with Gasteiger partial charge in [-0.15, -0.1) is 0 Å². The van der Waals surface area contributed by atoms with Gasteiger partial charge in [0.2, 0.25) is 0 Å². The summed E-state index contributed by atoms with van der Waals surface area (Å²) in [5.41, 5.74) is 1.81. The van der Waals surface area contributed by atoms with Crippen LogP contribution in [0, 0.1) is 19.7 Å². The van der Waals surface area contributed by atoms with Gasteiger partial charge >= 0.3 is 0 Å². The van der Waals surface area contributed by atoms with Gasteiger partial charge in [0, 0.05) is 6.07 Å². The molecule has 21 heavy (non-hydrogen) atoms. The highest BCUT2D eigenvalue weighted by molar-refractivity contribution is 7.92. The maximum atomic E-state index is 13.1. The van der Waals surface area contributed by atoms with Gasteiger partial charge in [-0.1, -0.05) is 17.7 Å². The third-order valence-electron chi connectivity index (χ3n) is 3.03. The Labute approximate surface area is 123 Å². The third-order valence-corrected chi connectivity index (χ3v) is 4.55. The Kier molecular flexibility index (Phi) is 4.18. The lowest BCUT2D eigenvalue weighted by Gasteiger charge is -2.13. The summed E-state index contributed by atoms with van der Waals surface area (Å²) in [6.07, 6.45) is 0. The molecule has 1 N–H and O–H groups in total. The third kappa shape index (κ3) is 3.33. The van der Waals surface area contributed by atoms with Crippen molar-refractivity contribution in [3.63, 3.8) is 0 Å². The van der Waals surface area contributed by atoms with E-state index in [-0.39, 0.29) is 16.3 Å². The highest BCUT2D eigenvalue weighted by atomic mass is 32.2. The molecule has 2 rings (SSSR count). The van der Waals surface area contributed by atoms with Gasteiger partial charge in [0.05, 0.1) is 17.7 Å². The first-order chi connectivity index (χ1) is 9.83. The van der Waals surface area contributed by atoms with Gasteiger partial charge in [-0.05, 0) is 37.6 Å². The molecule has 0 fully saturated rings. The molecule has 0 aromatic heterocycles. The Bertz CT molecular complexity index is 772. The molecule has 6 heteroatoms. The average molecular weight is 309 g/mol. The lowest BCUT2D eigenvalue weighted by atomic mass is 10.2. The number of aryl methyl sites for hydroxylation is 2. The predicted molar refractivity (Wildman–Crippen MR) is 79.7 cm³/mol. The first kappa shape index (κ1) is 15.3. The number of sulfonamides is 1.